The molecule has 0 fully saturated rings. The molecule has 0 atom stereocenters. The van der Waals surface area contributed by atoms with Crippen LogP contribution in [0.5, 0.6) is 0 Å². The van der Waals surface area contributed by atoms with Crippen LogP contribution in [-0.4, -0.2) is 17.6 Å². The number of aromatic nitrogens is 1. The van der Waals surface area contributed by atoms with Crippen molar-refractivity contribution < 1.29 is 9.53 Å². The van der Waals surface area contributed by atoms with Gasteiger partial charge in [0.15, 0.2) is 0 Å². The Kier molecular flexibility index (Phi) is 3.72. The predicted octanol–water partition coefficient (Wildman–Crippen LogP) is 3.12. The fourth-order valence-electron chi connectivity index (χ4n) is 1.71. The highest BCUT2D eigenvalue weighted by Crippen LogP contribution is 2.16. The molecule has 0 unspecified atom stereocenters. The summed E-state index contributed by atoms with van der Waals surface area (Å²) in [5.41, 5.74) is 3.00. The van der Waals surface area contributed by atoms with Gasteiger partial charge in [-0.05, 0) is 43.2 Å². The number of hydrogen-bond acceptors (Lipinski definition) is 3. The van der Waals surface area contributed by atoms with E-state index in [1.165, 1.54) is 6.08 Å². The first kappa shape index (κ1) is 12.3. The van der Waals surface area contributed by atoms with Gasteiger partial charge in [0.1, 0.15) is 0 Å². The molecule has 0 saturated carbocycles. The first-order chi connectivity index (χ1) is 8.69. The molecule has 2 rings (SSSR count). The van der Waals surface area contributed by atoms with Gasteiger partial charge in [0.2, 0.25) is 0 Å². The lowest BCUT2D eigenvalue weighted by Gasteiger charge is -2.00. The van der Waals surface area contributed by atoms with Gasteiger partial charge in [-0.2, -0.15) is 0 Å². The molecule has 1 aromatic heterocycles. The van der Waals surface area contributed by atoms with Crippen LogP contribution in [-0.2, 0) is 9.53 Å². The summed E-state index contributed by atoms with van der Waals surface area (Å²) in [6.45, 7) is 4.19. The van der Waals surface area contributed by atoms with Gasteiger partial charge in [-0.3, -0.25) is 4.98 Å². The zero-order valence-electron chi connectivity index (χ0n) is 10.5. The summed E-state index contributed by atoms with van der Waals surface area (Å²) in [5.74, 6) is -0.325. The molecule has 0 aliphatic rings. The molecule has 18 heavy (non-hydrogen) atoms. The third-order valence-corrected chi connectivity index (χ3v) is 2.54. The molecular weight excluding hydrogens is 226 g/mol. The van der Waals surface area contributed by atoms with Gasteiger partial charge in [-0.1, -0.05) is 12.1 Å². The Bertz CT molecular complexity index is 602. The van der Waals surface area contributed by atoms with Crippen LogP contribution in [0.25, 0.3) is 17.0 Å². The highest BCUT2D eigenvalue weighted by Gasteiger charge is 1.98. The molecule has 0 aliphatic carbocycles. The van der Waals surface area contributed by atoms with Crippen molar-refractivity contribution in [3.05, 3.63) is 47.7 Å². The Morgan fingerprint density at radius 1 is 1.39 bits per heavy atom. The van der Waals surface area contributed by atoms with E-state index >= 15 is 0 Å². The van der Waals surface area contributed by atoms with Crippen molar-refractivity contribution in [1.29, 1.82) is 0 Å². The third kappa shape index (κ3) is 2.94. The first-order valence-corrected chi connectivity index (χ1v) is 5.90. The molecule has 3 heteroatoms. The molecule has 3 nitrogen and oxygen atoms in total. The molecule has 0 amide bonds. The maximum atomic E-state index is 11.2. The molecule has 2 aromatic rings. The van der Waals surface area contributed by atoms with E-state index in [4.69, 9.17) is 4.74 Å². The number of fused-ring (bicyclic) bond motifs is 1. The Labute approximate surface area is 106 Å². The SMILES string of the molecule is CCOC(=O)/C=C/c1ccc2cc(C)cnc2c1. The molecule has 0 saturated heterocycles. The molecule has 0 aliphatic heterocycles. The van der Waals surface area contributed by atoms with Crippen LogP contribution < -0.4 is 0 Å². The third-order valence-electron chi connectivity index (χ3n) is 2.54. The summed E-state index contributed by atoms with van der Waals surface area (Å²) >= 11 is 0. The van der Waals surface area contributed by atoms with Crippen molar-refractivity contribution in [2.75, 3.05) is 6.61 Å². The molecule has 0 N–H and O–H groups in total. The number of rotatable bonds is 3. The van der Waals surface area contributed by atoms with Gasteiger partial charge in [0.25, 0.3) is 0 Å². The number of hydrogen-bond donors (Lipinski definition) is 0. The molecule has 0 bridgehead atoms. The van der Waals surface area contributed by atoms with E-state index in [9.17, 15) is 4.79 Å². The van der Waals surface area contributed by atoms with Crippen molar-refractivity contribution in [1.82, 2.24) is 4.98 Å². The van der Waals surface area contributed by atoms with Crippen molar-refractivity contribution in [2.45, 2.75) is 13.8 Å². The van der Waals surface area contributed by atoms with Gasteiger partial charge < -0.3 is 4.74 Å². The van der Waals surface area contributed by atoms with Gasteiger partial charge in [-0.25, -0.2) is 4.79 Å². The van der Waals surface area contributed by atoms with E-state index in [0.29, 0.717) is 6.61 Å². The van der Waals surface area contributed by atoms with Crippen molar-refractivity contribution in [2.24, 2.45) is 0 Å². The largest absolute Gasteiger partial charge is 0.463 e. The van der Waals surface area contributed by atoms with Crippen LogP contribution in [0.3, 0.4) is 0 Å². The zero-order valence-corrected chi connectivity index (χ0v) is 10.5. The highest BCUT2D eigenvalue weighted by atomic mass is 16.5. The van der Waals surface area contributed by atoms with Crippen LogP contribution in [0.15, 0.2) is 36.5 Å². The van der Waals surface area contributed by atoms with Crippen LogP contribution >= 0.6 is 0 Å². The van der Waals surface area contributed by atoms with Gasteiger partial charge in [0.05, 0.1) is 12.1 Å². The van der Waals surface area contributed by atoms with Crippen LogP contribution in [0.4, 0.5) is 0 Å². The van der Waals surface area contributed by atoms with E-state index in [1.807, 2.05) is 31.3 Å². The Balaban J connectivity index is 2.25. The Morgan fingerprint density at radius 3 is 3.00 bits per heavy atom. The van der Waals surface area contributed by atoms with Crippen molar-refractivity contribution >= 4 is 22.9 Å². The number of carbonyl (C=O) groups excluding carboxylic acids is 1. The number of carbonyl (C=O) groups is 1. The first-order valence-electron chi connectivity index (χ1n) is 5.90. The number of benzene rings is 1. The Morgan fingerprint density at radius 2 is 2.22 bits per heavy atom. The number of aryl methyl sites for hydroxylation is 1. The van der Waals surface area contributed by atoms with E-state index in [2.05, 4.69) is 11.1 Å². The summed E-state index contributed by atoms with van der Waals surface area (Å²) in [7, 11) is 0. The number of ether oxygens (including phenoxy) is 1. The monoisotopic (exact) mass is 241 g/mol. The molecular formula is C15H15NO2. The predicted molar refractivity (Wildman–Crippen MR) is 72.1 cm³/mol. The van der Waals surface area contributed by atoms with Crippen LogP contribution in [0.1, 0.15) is 18.1 Å². The minimum atomic E-state index is -0.325. The molecule has 92 valence electrons. The van der Waals surface area contributed by atoms with Gasteiger partial charge in [0, 0.05) is 17.7 Å². The lowest BCUT2D eigenvalue weighted by Crippen LogP contribution is -1.98. The molecule has 1 aromatic carbocycles. The standard InChI is InChI=1S/C15H15NO2/c1-3-18-15(17)7-5-12-4-6-13-8-11(2)10-16-14(13)9-12/h4-10H,3H2,1-2H3/b7-5+. The van der Waals surface area contributed by atoms with Gasteiger partial charge in [-0.15, -0.1) is 0 Å². The smallest absolute Gasteiger partial charge is 0.330 e. The average molecular weight is 241 g/mol. The summed E-state index contributed by atoms with van der Waals surface area (Å²) in [5, 5.41) is 1.10. The topological polar surface area (TPSA) is 39.2 Å². The van der Waals surface area contributed by atoms with Gasteiger partial charge >= 0.3 is 5.97 Å². The summed E-state index contributed by atoms with van der Waals surface area (Å²) < 4.78 is 4.83. The number of nitrogens with zero attached hydrogens (tertiary/aromatic N) is 1. The minimum absolute atomic E-state index is 0.325. The molecule has 0 spiro atoms. The zero-order chi connectivity index (χ0) is 13.0. The second kappa shape index (κ2) is 5.45. The van der Waals surface area contributed by atoms with Crippen molar-refractivity contribution in [3.8, 4) is 0 Å². The lowest BCUT2D eigenvalue weighted by molar-refractivity contribution is -0.137. The summed E-state index contributed by atoms with van der Waals surface area (Å²) in [4.78, 5) is 15.6. The summed E-state index contributed by atoms with van der Waals surface area (Å²) in [6, 6.07) is 7.99. The molecule has 0 radical (unpaired) electrons. The second-order valence-electron chi connectivity index (χ2n) is 4.05. The van der Waals surface area contributed by atoms with E-state index < -0.39 is 0 Å². The number of esters is 1. The number of pyridine rings is 1. The quantitative estimate of drug-likeness (QED) is 0.612. The lowest BCUT2D eigenvalue weighted by atomic mass is 10.1. The molecule has 1 heterocycles. The van der Waals surface area contributed by atoms with Crippen molar-refractivity contribution in [3.63, 3.8) is 0 Å². The fourth-order valence-corrected chi connectivity index (χ4v) is 1.71. The second-order valence-corrected chi connectivity index (χ2v) is 4.05. The Hall–Kier alpha value is -2.16. The normalized spacial score (nSPS) is 11.0. The minimum Gasteiger partial charge on any atom is -0.463 e. The highest BCUT2D eigenvalue weighted by molar-refractivity contribution is 5.88. The van der Waals surface area contributed by atoms with E-state index in [-0.39, 0.29) is 5.97 Å². The van der Waals surface area contributed by atoms with Crippen LogP contribution in [0, 0.1) is 6.92 Å². The maximum Gasteiger partial charge on any atom is 0.330 e. The van der Waals surface area contributed by atoms with E-state index in [1.54, 1.807) is 13.0 Å². The maximum absolute atomic E-state index is 11.2. The van der Waals surface area contributed by atoms with Crippen LogP contribution in [0.2, 0.25) is 0 Å². The summed E-state index contributed by atoms with van der Waals surface area (Å²) in [6.07, 6.45) is 5.00. The fraction of sp³-hybridized carbons (Fsp3) is 0.200. The average Bonchev–Trinajstić information content (AvgIpc) is 2.36. The van der Waals surface area contributed by atoms with E-state index in [0.717, 1.165) is 22.0 Å².